The first-order valence-electron chi connectivity index (χ1n) is 6.35. The lowest BCUT2D eigenvalue weighted by molar-refractivity contribution is 0.0601. The number of nitrogens with two attached hydrogens (primary N) is 1. The molecule has 2 N–H and O–H groups in total. The van der Waals surface area contributed by atoms with Gasteiger partial charge in [0.25, 0.3) is 0 Å². The van der Waals surface area contributed by atoms with Crippen molar-refractivity contribution < 1.29 is 14.3 Å². The highest BCUT2D eigenvalue weighted by atomic mass is 35.5. The van der Waals surface area contributed by atoms with E-state index in [1.807, 2.05) is 19.1 Å². The van der Waals surface area contributed by atoms with Crippen LogP contribution in [-0.2, 0) is 4.74 Å². The number of hydrogen-bond acceptors (Lipinski definition) is 4. The van der Waals surface area contributed by atoms with Gasteiger partial charge in [-0.3, -0.25) is 0 Å². The van der Waals surface area contributed by atoms with Gasteiger partial charge in [0.05, 0.1) is 17.7 Å². The smallest absolute Gasteiger partial charge is 0.340 e. The van der Waals surface area contributed by atoms with E-state index in [0.29, 0.717) is 22.2 Å². The Morgan fingerprint density at radius 1 is 1.19 bits per heavy atom. The molecule has 0 heterocycles. The number of carbonyl (C=O) groups is 1. The molecule has 0 aliphatic rings. The van der Waals surface area contributed by atoms with Gasteiger partial charge in [-0.2, -0.15) is 0 Å². The van der Waals surface area contributed by atoms with E-state index in [1.54, 1.807) is 25.1 Å². The highest BCUT2D eigenvalue weighted by molar-refractivity contribution is 6.32. The quantitative estimate of drug-likeness (QED) is 0.684. The Kier molecular flexibility index (Phi) is 4.38. The van der Waals surface area contributed by atoms with E-state index in [-0.39, 0.29) is 5.56 Å². The first-order valence-corrected chi connectivity index (χ1v) is 6.72. The van der Waals surface area contributed by atoms with E-state index in [9.17, 15) is 4.79 Å². The first-order chi connectivity index (χ1) is 9.92. The molecule has 0 fully saturated rings. The molecule has 0 aliphatic heterocycles. The minimum Gasteiger partial charge on any atom is -0.465 e. The van der Waals surface area contributed by atoms with Crippen LogP contribution < -0.4 is 10.5 Å². The minimum absolute atomic E-state index is 0.274. The zero-order chi connectivity index (χ0) is 15.6. The van der Waals surface area contributed by atoms with Crippen LogP contribution in [0.3, 0.4) is 0 Å². The van der Waals surface area contributed by atoms with Crippen LogP contribution in [0.25, 0.3) is 0 Å². The van der Waals surface area contributed by atoms with Gasteiger partial charge in [-0.1, -0.05) is 17.7 Å². The molecular weight excluding hydrogens is 290 g/mol. The largest absolute Gasteiger partial charge is 0.465 e. The van der Waals surface area contributed by atoms with Crippen LogP contribution in [0.15, 0.2) is 30.3 Å². The summed E-state index contributed by atoms with van der Waals surface area (Å²) < 4.78 is 10.5. The number of carbonyl (C=O) groups excluding carboxylic acids is 1. The SMILES string of the molecule is COC(=O)c1cc(Oc2cc(C)ccc2Cl)cc(C)c1N. The van der Waals surface area contributed by atoms with E-state index in [4.69, 9.17) is 26.8 Å². The Balaban J connectivity index is 2.43. The molecule has 0 radical (unpaired) electrons. The summed E-state index contributed by atoms with van der Waals surface area (Å²) in [5.41, 5.74) is 8.30. The fourth-order valence-corrected chi connectivity index (χ4v) is 2.07. The average molecular weight is 306 g/mol. The van der Waals surface area contributed by atoms with Crippen molar-refractivity contribution in [3.63, 3.8) is 0 Å². The molecule has 2 aromatic carbocycles. The van der Waals surface area contributed by atoms with Crippen LogP contribution in [-0.4, -0.2) is 13.1 Å². The molecule has 4 nitrogen and oxygen atoms in total. The monoisotopic (exact) mass is 305 g/mol. The topological polar surface area (TPSA) is 61.5 Å². The number of rotatable bonds is 3. The highest BCUT2D eigenvalue weighted by Crippen LogP contribution is 2.33. The third-order valence-electron chi connectivity index (χ3n) is 3.08. The predicted octanol–water partition coefficient (Wildman–Crippen LogP) is 4.12. The molecule has 0 saturated carbocycles. The van der Waals surface area contributed by atoms with E-state index >= 15 is 0 Å². The number of anilines is 1. The fourth-order valence-electron chi connectivity index (χ4n) is 1.92. The fraction of sp³-hybridized carbons (Fsp3) is 0.188. The van der Waals surface area contributed by atoms with Gasteiger partial charge in [0.15, 0.2) is 0 Å². The molecule has 0 aliphatic carbocycles. The number of aryl methyl sites for hydroxylation is 2. The van der Waals surface area contributed by atoms with Gasteiger partial charge in [0.1, 0.15) is 11.5 Å². The number of hydrogen-bond donors (Lipinski definition) is 1. The molecule has 21 heavy (non-hydrogen) atoms. The van der Waals surface area contributed by atoms with Crippen LogP contribution in [0.2, 0.25) is 5.02 Å². The maximum atomic E-state index is 11.7. The Bertz CT molecular complexity index is 698. The number of benzene rings is 2. The predicted molar refractivity (Wildman–Crippen MR) is 83.2 cm³/mol. The minimum atomic E-state index is -0.503. The zero-order valence-corrected chi connectivity index (χ0v) is 12.8. The Morgan fingerprint density at radius 2 is 1.90 bits per heavy atom. The molecule has 0 bridgehead atoms. The van der Waals surface area contributed by atoms with Gasteiger partial charge < -0.3 is 15.2 Å². The van der Waals surface area contributed by atoms with Gasteiger partial charge in [-0.25, -0.2) is 4.79 Å². The number of ether oxygens (including phenoxy) is 2. The summed E-state index contributed by atoms with van der Waals surface area (Å²) in [6, 6.07) is 8.78. The zero-order valence-electron chi connectivity index (χ0n) is 12.1. The molecule has 0 saturated heterocycles. The summed E-state index contributed by atoms with van der Waals surface area (Å²) in [6.07, 6.45) is 0. The highest BCUT2D eigenvalue weighted by Gasteiger charge is 2.15. The van der Waals surface area contributed by atoms with Gasteiger partial charge in [-0.15, -0.1) is 0 Å². The van der Waals surface area contributed by atoms with Crippen molar-refractivity contribution in [3.05, 3.63) is 52.0 Å². The van der Waals surface area contributed by atoms with Gasteiger partial charge >= 0.3 is 5.97 Å². The molecule has 5 heteroatoms. The molecule has 2 rings (SSSR count). The van der Waals surface area contributed by atoms with Crippen molar-refractivity contribution in [2.75, 3.05) is 12.8 Å². The lowest BCUT2D eigenvalue weighted by atomic mass is 10.1. The molecule has 0 unspecified atom stereocenters. The Labute approximate surface area is 128 Å². The second kappa shape index (κ2) is 6.06. The third kappa shape index (κ3) is 3.28. The summed E-state index contributed by atoms with van der Waals surface area (Å²) >= 11 is 6.11. The molecule has 0 spiro atoms. The van der Waals surface area contributed by atoms with E-state index < -0.39 is 5.97 Å². The summed E-state index contributed by atoms with van der Waals surface area (Å²) in [7, 11) is 1.31. The lowest BCUT2D eigenvalue weighted by Gasteiger charge is -2.12. The van der Waals surface area contributed by atoms with Crippen LogP contribution >= 0.6 is 11.6 Å². The molecule has 0 amide bonds. The maximum Gasteiger partial charge on any atom is 0.340 e. The average Bonchev–Trinajstić information content (AvgIpc) is 2.45. The van der Waals surface area contributed by atoms with E-state index in [1.165, 1.54) is 7.11 Å². The van der Waals surface area contributed by atoms with Crippen molar-refractivity contribution in [1.29, 1.82) is 0 Å². The van der Waals surface area contributed by atoms with Gasteiger partial charge in [0.2, 0.25) is 0 Å². The number of nitrogen functional groups attached to an aromatic ring is 1. The summed E-state index contributed by atoms with van der Waals surface area (Å²) in [5.74, 6) is 0.502. The second-order valence-corrected chi connectivity index (χ2v) is 5.14. The van der Waals surface area contributed by atoms with Crippen molar-refractivity contribution >= 4 is 23.3 Å². The molecule has 0 aromatic heterocycles. The summed E-state index contributed by atoms with van der Waals surface area (Å²) in [5, 5.41) is 0.495. The maximum absolute atomic E-state index is 11.7. The van der Waals surface area contributed by atoms with Crippen LogP contribution in [0, 0.1) is 13.8 Å². The third-order valence-corrected chi connectivity index (χ3v) is 3.39. The van der Waals surface area contributed by atoms with Crippen molar-refractivity contribution in [3.8, 4) is 11.5 Å². The summed E-state index contributed by atoms with van der Waals surface area (Å²) in [6.45, 7) is 3.74. The normalized spacial score (nSPS) is 10.3. The molecule has 0 atom stereocenters. The second-order valence-electron chi connectivity index (χ2n) is 4.73. The standard InChI is InChI=1S/C16H16ClNO3/c1-9-4-5-13(17)14(6-9)21-11-7-10(2)15(18)12(8-11)16(19)20-3/h4-8H,18H2,1-3H3. The van der Waals surface area contributed by atoms with E-state index in [0.717, 1.165) is 11.1 Å². The molecule has 110 valence electrons. The number of esters is 1. The van der Waals surface area contributed by atoms with Crippen molar-refractivity contribution in [2.24, 2.45) is 0 Å². The number of halogens is 1. The first kappa shape index (κ1) is 15.2. The molecular formula is C16H16ClNO3. The van der Waals surface area contributed by atoms with Crippen molar-refractivity contribution in [2.45, 2.75) is 13.8 Å². The van der Waals surface area contributed by atoms with Gasteiger partial charge in [-0.05, 0) is 49.2 Å². The number of methoxy groups -OCH3 is 1. The van der Waals surface area contributed by atoms with Crippen LogP contribution in [0.5, 0.6) is 11.5 Å². The lowest BCUT2D eigenvalue weighted by Crippen LogP contribution is -2.07. The van der Waals surface area contributed by atoms with Crippen LogP contribution in [0.1, 0.15) is 21.5 Å². The molecule has 2 aromatic rings. The Morgan fingerprint density at radius 3 is 2.57 bits per heavy atom. The summed E-state index contributed by atoms with van der Waals surface area (Å²) in [4.78, 5) is 11.7. The van der Waals surface area contributed by atoms with Crippen molar-refractivity contribution in [1.82, 2.24) is 0 Å². The van der Waals surface area contributed by atoms with E-state index in [2.05, 4.69) is 0 Å². The van der Waals surface area contributed by atoms with Crippen LogP contribution in [0.4, 0.5) is 5.69 Å². The Hall–Kier alpha value is -2.20. The van der Waals surface area contributed by atoms with Gasteiger partial charge in [0, 0.05) is 5.69 Å².